The molecule has 0 aliphatic heterocycles. The minimum Gasteiger partial charge on any atom is -0.497 e. The van der Waals surface area contributed by atoms with Crippen molar-refractivity contribution in [3.05, 3.63) is 70.6 Å². The van der Waals surface area contributed by atoms with Crippen molar-refractivity contribution >= 4 is 17.3 Å². The van der Waals surface area contributed by atoms with Crippen LogP contribution in [-0.4, -0.2) is 7.11 Å². The lowest BCUT2D eigenvalue weighted by atomic mass is 10.1. The highest BCUT2D eigenvalue weighted by atomic mass is 32.2. The summed E-state index contributed by atoms with van der Waals surface area (Å²) in [6.45, 7) is 1.98. The van der Waals surface area contributed by atoms with Gasteiger partial charge in [-0.15, -0.1) is 11.8 Å². The number of rotatable bonds is 5. The van der Waals surface area contributed by atoms with Crippen molar-refractivity contribution in [1.82, 2.24) is 0 Å². The Bertz CT molecular complexity index is 654. The first-order valence-corrected chi connectivity index (χ1v) is 7.65. The van der Waals surface area contributed by atoms with Gasteiger partial charge in [-0.2, -0.15) is 5.26 Å². The molecular formula is C18H17NOS. The third-order valence-corrected chi connectivity index (χ3v) is 4.35. The highest BCUT2D eigenvalue weighted by molar-refractivity contribution is 8.02. The maximum absolute atomic E-state index is 9.38. The van der Waals surface area contributed by atoms with E-state index in [1.165, 1.54) is 5.56 Å². The van der Waals surface area contributed by atoms with Gasteiger partial charge in [-0.05, 0) is 35.8 Å². The third kappa shape index (κ3) is 4.14. The van der Waals surface area contributed by atoms with Gasteiger partial charge in [0, 0.05) is 5.75 Å². The Morgan fingerprint density at radius 1 is 1.10 bits per heavy atom. The van der Waals surface area contributed by atoms with Crippen LogP contribution in [0.25, 0.3) is 5.57 Å². The summed E-state index contributed by atoms with van der Waals surface area (Å²) in [5.74, 6) is 1.62. The minimum absolute atomic E-state index is 0.754. The minimum atomic E-state index is 0.754. The van der Waals surface area contributed by atoms with E-state index in [2.05, 4.69) is 18.2 Å². The molecule has 0 amide bonds. The van der Waals surface area contributed by atoms with Gasteiger partial charge in [0.05, 0.1) is 12.0 Å². The number of hydrogen-bond acceptors (Lipinski definition) is 3. The molecule has 0 unspecified atom stereocenters. The first kappa shape index (κ1) is 15.2. The van der Waals surface area contributed by atoms with Crippen LogP contribution < -0.4 is 4.74 Å². The normalized spacial score (nSPS) is 11.5. The van der Waals surface area contributed by atoms with E-state index in [4.69, 9.17) is 4.74 Å². The van der Waals surface area contributed by atoms with Crippen molar-refractivity contribution in [3.8, 4) is 11.8 Å². The predicted molar refractivity (Wildman–Crippen MR) is 88.9 cm³/mol. The zero-order chi connectivity index (χ0) is 15.1. The van der Waals surface area contributed by atoms with Gasteiger partial charge in [-0.3, -0.25) is 0 Å². The van der Waals surface area contributed by atoms with Gasteiger partial charge in [-0.25, -0.2) is 0 Å². The molecule has 0 atom stereocenters. The number of hydrogen-bond donors (Lipinski definition) is 0. The van der Waals surface area contributed by atoms with Crippen molar-refractivity contribution in [1.29, 1.82) is 5.26 Å². The van der Waals surface area contributed by atoms with Crippen LogP contribution in [-0.2, 0) is 5.75 Å². The molecule has 21 heavy (non-hydrogen) atoms. The Balaban J connectivity index is 2.15. The van der Waals surface area contributed by atoms with E-state index in [9.17, 15) is 5.26 Å². The predicted octanol–water partition coefficient (Wildman–Crippen LogP) is 4.88. The van der Waals surface area contributed by atoms with Crippen molar-refractivity contribution in [2.75, 3.05) is 7.11 Å². The lowest BCUT2D eigenvalue weighted by Crippen LogP contribution is -1.87. The summed E-state index contributed by atoms with van der Waals surface area (Å²) in [4.78, 5) is 0.754. The molecule has 2 nitrogen and oxygen atoms in total. The molecule has 0 aliphatic carbocycles. The molecule has 0 aliphatic rings. The lowest BCUT2D eigenvalue weighted by Gasteiger charge is -2.07. The fourth-order valence-electron chi connectivity index (χ4n) is 1.93. The number of methoxy groups -OCH3 is 1. The standard InChI is InChI=1S/C18H17NOS/c1-14(16-8-10-17(20-2)11-9-16)18(12-19)21-13-15-6-4-3-5-7-15/h3-11H,13H2,1-2H3/b18-14+. The third-order valence-electron chi connectivity index (χ3n) is 3.19. The molecule has 106 valence electrons. The van der Waals surface area contributed by atoms with E-state index in [-0.39, 0.29) is 0 Å². The molecule has 0 bridgehead atoms. The first-order chi connectivity index (χ1) is 10.2. The molecule has 0 saturated heterocycles. The zero-order valence-electron chi connectivity index (χ0n) is 12.2. The van der Waals surface area contributed by atoms with E-state index >= 15 is 0 Å². The number of ether oxygens (including phenoxy) is 1. The molecular weight excluding hydrogens is 278 g/mol. The van der Waals surface area contributed by atoms with Crippen LogP contribution in [0.5, 0.6) is 5.75 Å². The SMILES string of the molecule is COc1ccc(/C(C)=C(\C#N)SCc2ccccc2)cc1. The molecule has 2 rings (SSSR count). The molecule has 0 N–H and O–H groups in total. The van der Waals surface area contributed by atoms with Crippen LogP contribution in [0.15, 0.2) is 59.5 Å². The van der Waals surface area contributed by atoms with E-state index < -0.39 is 0 Å². The quantitative estimate of drug-likeness (QED) is 0.737. The van der Waals surface area contributed by atoms with E-state index in [1.807, 2.05) is 49.4 Å². The molecule has 0 radical (unpaired) electrons. The molecule has 0 aromatic heterocycles. The topological polar surface area (TPSA) is 33.0 Å². The van der Waals surface area contributed by atoms with Crippen LogP contribution in [0, 0.1) is 11.3 Å². The van der Waals surface area contributed by atoms with Crippen molar-refractivity contribution < 1.29 is 4.74 Å². The second-order valence-electron chi connectivity index (χ2n) is 4.57. The van der Waals surface area contributed by atoms with Gasteiger partial charge in [0.2, 0.25) is 0 Å². The molecule has 0 heterocycles. The fraction of sp³-hybridized carbons (Fsp3) is 0.167. The lowest BCUT2D eigenvalue weighted by molar-refractivity contribution is 0.415. The van der Waals surface area contributed by atoms with E-state index in [1.54, 1.807) is 18.9 Å². The van der Waals surface area contributed by atoms with Crippen LogP contribution in [0.3, 0.4) is 0 Å². The molecule has 2 aromatic rings. The van der Waals surface area contributed by atoms with Crippen LogP contribution in [0.4, 0.5) is 0 Å². The van der Waals surface area contributed by atoms with Gasteiger partial charge in [0.1, 0.15) is 11.8 Å². The molecule has 2 aromatic carbocycles. The summed E-state index contributed by atoms with van der Waals surface area (Å²) < 4.78 is 5.15. The van der Waals surface area contributed by atoms with E-state index in [0.717, 1.165) is 27.5 Å². The number of benzene rings is 2. The Kier molecular flexibility index (Phi) is 5.48. The number of nitriles is 1. The largest absolute Gasteiger partial charge is 0.497 e. The van der Waals surface area contributed by atoms with Gasteiger partial charge in [-0.1, -0.05) is 42.5 Å². The van der Waals surface area contributed by atoms with E-state index in [0.29, 0.717) is 0 Å². The molecule has 3 heteroatoms. The van der Waals surface area contributed by atoms with Gasteiger partial charge in [0.25, 0.3) is 0 Å². The summed E-state index contributed by atoms with van der Waals surface area (Å²) >= 11 is 1.57. The van der Waals surface area contributed by atoms with Gasteiger partial charge < -0.3 is 4.74 Å². The van der Waals surface area contributed by atoms with Crippen LogP contribution in [0.2, 0.25) is 0 Å². The summed E-state index contributed by atoms with van der Waals surface area (Å²) in [5, 5.41) is 9.38. The fourth-order valence-corrected chi connectivity index (χ4v) is 2.83. The number of thioether (sulfide) groups is 1. The first-order valence-electron chi connectivity index (χ1n) is 6.66. The molecule has 0 fully saturated rings. The Labute approximate surface area is 130 Å². The smallest absolute Gasteiger partial charge is 0.118 e. The van der Waals surface area contributed by atoms with Crippen molar-refractivity contribution in [2.45, 2.75) is 12.7 Å². The molecule has 0 spiro atoms. The van der Waals surface area contributed by atoms with Crippen molar-refractivity contribution in [2.24, 2.45) is 0 Å². The summed E-state index contributed by atoms with van der Waals surface area (Å²) in [6, 6.07) is 20.3. The Morgan fingerprint density at radius 2 is 1.76 bits per heavy atom. The van der Waals surface area contributed by atoms with Gasteiger partial charge >= 0.3 is 0 Å². The highest BCUT2D eigenvalue weighted by Gasteiger charge is 2.06. The maximum atomic E-state index is 9.38. The maximum Gasteiger partial charge on any atom is 0.118 e. The van der Waals surface area contributed by atoms with Crippen molar-refractivity contribution in [3.63, 3.8) is 0 Å². The average molecular weight is 295 g/mol. The van der Waals surface area contributed by atoms with Gasteiger partial charge in [0.15, 0.2) is 0 Å². The second kappa shape index (κ2) is 7.56. The zero-order valence-corrected chi connectivity index (χ0v) is 13.0. The second-order valence-corrected chi connectivity index (χ2v) is 5.55. The molecule has 0 saturated carbocycles. The summed E-state index contributed by atoms with van der Waals surface area (Å²) in [7, 11) is 1.65. The summed E-state index contributed by atoms with van der Waals surface area (Å²) in [6.07, 6.45) is 0. The number of nitrogens with zero attached hydrogens (tertiary/aromatic N) is 1. The van der Waals surface area contributed by atoms with Crippen LogP contribution >= 0.6 is 11.8 Å². The average Bonchev–Trinajstić information content (AvgIpc) is 2.56. The highest BCUT2D eigenvalue weighted by Crippen LogP contribution is 2.29. The monoisotopic (exact) mass is 295 g/mol. The number of allylic oxidation sites excluding steroid dienone is 2. The Morgan fingerprint density at radius 3 is 2.33 bits per heavy atom. The summed E-state index contributed by atoms with van der Waals surface area (Å²) in [5.41, 5.74) is 3.27. The van der Waals surface area contributed by atoms with Crippen LogP contribution in [0.1, 0.15) is 18.1 Å². The Hall–Kier alpha value is -2.18.